The summed E-state index contributed by atoms with van der Waals surface area (Å²) in [5.74, 6) is 0.875. The third-order valence-electron chi connectivity index (χ3n) is 5.44. The Hall–Kier alpha value is -2.01. The molecule has 2 aromatic rings. The molecule has 1 amide bonds. The summed E-state index contributed by atoms with van der Waals surface area (Å²) in [6.45, 7) is 0. The van der Waals surface area contributed by atoms with Gasteiger partial charge in [0.15, 0.2) is 0 Å². The molecule has 136 valence electrons. The van der Waals surface area contributed by atoms with E-state index in [0.717, 1.165) is 24.0 Å². The van der Waals surface area contributed by atoms with Crippen molar-refractivity contribution in [3.05, 3.63) is 48.3 Å². The maximum absolute atomic E-state index is 12.6. The number of hydrogen-bond donors (Lipinski definition) is 0. The van der Waals surface area contributed by atoms with E-state index in [1.807, 2.05) is 26.5 Å². The molecule has 4 rings (SSSR count). The van der Waals surface area contributed by atoms with E-state index in [-0.39, 0.29) is 11.3 Å². The van der Waals surface area contributed by atoms with Crippen molar-refractivity contribution in [1.29, 1.82) is 0 Å². The topological polar surface area (TPSA) is 36.4 Å². The molecule has 1 atom stereocenters. The van der Waals surface area contributed by atoms with Crippen molar-refractivity contribution >= 4 is 23.4 Å². The first-order chi connectivity index (χ1) is 12.6. The van der Waals surface area contributed by atoms with Crippen LogP contribution in [0.4, 0.5) is 5.69 Å². The zero-order valence-electron chi connectivity index (χ0n) is 15.4. The van der Waals surface area contributed by atoms with Crippen LogP contribution in [-0.4, -0.2) is 41.7 Å². The van der Waals surface area contributed by atoms with Crippen molar-refractivity contribution < 1.29 is 4.79 Å². The Kier molecular flexibility index (Phi) is 4.90. The van der Waals surface area contributed by atoms with Crippen LogP contribution in [0.2, 0.25) is 0 Å². The van der Waals surface area contributed by atoms with Gasteiger partial charge in [0.2, 0.25) is 5.91 Å². The average molecular weight is 368 g/mol. The molecule has 0 N–H and O–H groups in total. The summed E-state index contributed by atoms with van der Waals surface area (Å²) in [5.41, 5.74) is 4.68. The number of carbonyl (C=O) groups is 1. The van der Waals surface area contributed by atoms with Crippen LogP contribution in [-0.2, 0) is 4.79 Å². The molecule has 1 aliphatic heterocycles. The fourth-order valence-electron chi connectivity index (χ4n) is 4.05. The second-order valence-corrected chi connectivity index (χ2v) is 8.38. The minimum Gasteiger partial charge on any atom is -0.378 e. The molecule has 0 bridgehead atoms. The van der Waals surface area contributed by atoms with Gasteiger partial charge in [-0.25, -0.2) is 0 Å². The van der Waals surface area contributed by atoms with Gasteiger partial charge in [-0.1, -0.05) is 25.0 Å². The number of nitrogens with zero attached hydrogens (tertiary/aromatic N) is 3. The predicted octanol–water partition coefficient (Wildman–Crippen LogP) is 4.33. The van der Waals surface area contributed by atoms with E-state index < -0.39 is 0 Å². The van der Waals surface area contributed by atoms with E-state index in [1.165, 1.54) is 24.1 Å². The van der Waals surface area contributed by atoms with Crippen LogP contribution < -0.4 is 4.90 Å². The Balaban J connectivity index is 1.70. The Labute approximate surface area is 159 Å². The molecule has 26 heavy (non-hydrogen) atoms. The lowest BCUT2D eigenvalue weighted by molar-refractivity contribution is -0.130. The molecule has 5 heteroatoms. The summed E-state index contributed by atoms with van der Waals surface area (Å²) in [6, 6.07) is 11.1. The standard InChI is InChI=1S/C21H25N3OS/c1-23(2)16-9-7-15(8-10-16)19-13-22-12-11-18(19)21-24(20(25)14-26-21)17-5-3-4-6-17/h7-13,17,21H,3-6,14H2,1-2H3. The number of amides is 1. The number of anilines is 1. The largest absolute Gasteiger partial charge is 0.378 e. The molecule has 1 saturated carbocycles. The number of benzene rings is 1. The molecule has 1 aromatic carbocycles. The Morgan fingerprint density at radius 3 is 2.54 bits per heavy atom. The van der Waals surface area contributed by atoms with Gasteiger partial charge in [0, 0.05) is 43.8 Å². The molecule has 0 radical (unpaired) electrons. The summed E-state index contributed by atoms with van der Waals surface area (Å²) in [6.07, 6.45) is 8.54. The third kappa shape index (κ3) is 3.20. The smallest absolute Gasteiger partial charge is 0.234 e. The first-order valence-electron chi connectivity index (χ1n) is 9.29. The highest BCUT2D eigenvalue weighted by molar-refractivity contribution is 8.00. The normalized spacial score (nSPS) is 20.8. The SMILES string of the molecule is CN(C)c1ccc(-c2cnccc2C2SCC(=O)N2C2CCCC2)cc1. The van der Waals surface area contributed by atoms with Crippen LogP contribution in [0.1, 0.15) is 36.6 Å². The molecule has 2 fully saturated rings. The molecule has 2 heterocycles. The molecule has 1 aliphatic carbocycles. The Morgan fingerprint density at radius 1 is 1.12 bits per heavy atom. The van der Waals surface area contributed by atoms with E-state index in [4.69, 9.17) is 0 Å². The molecule has 1 aromatic heterocycles. The van der Waals surface area contributed by atoms with Crippen molar-refractivity contribution in [2.45, 2.75) is 37.1 Å². The third-order valence-corrected chi connectivity index (χ3v) is 6.65. The van der Waals surface area contributed by atoms with E-state index in [1.54, 1.807) is 11.8 Å². The zero-order chi connectivity index (χ0) is 18.1. The molecule has 1 saturated heterocycles. The summed E-state index contributed by atoms with van der Waals surface area (Å²) in [4.78, 5) is 21.2. The lowest BCUT2D eigenvalue weighted by Crippen LogP contribution is -2.36. The van der Waals surface area contributed by atoms with Crippen LogP contribution in [0.3, 0.4) is 0 Å². The Bertz CT molecular complexity index is 784. The second-order valence-electron chi connectivity index (χ2n) is 7.31. The van der Waals surface area contributed by atoms with Crippen LogP contribution in [0, 0.1) is 0 Å². The molecular formula is C21H25N3OS. The lowest BCUT2D eigenvalue weighted by atomic mass is 10.0. The molecule has 0 spiro atoms. The van der Waals surface area contributed by atoms with Gasteiger partial charge < -0.3 is 9.80 Å². The molecule has 2 aliphatic rings. The fourth-order valence-corrected chi connectivity index (χ4v) is 5.34. The number of carbonyl (C=O) groups excluding carboxylic acids is 1. The van der Waals surface area contributed by atoms with Gasteiger partial charge >= 0.3 is 0 Å². The van der Waals surface area contributed by atoms with Crippen molar-refractivity contribution in [2.24, 2.45) is 0 Å². The van der Waals surface area contributed by atoms with Gasteiger partial charge in [-0.15, -0.1) is 11.8 Å². The highest BCUT2D eigenvalue weighted by atomic mass is 32.2. The van der Waals surface area contributed by atoms with Gasteiger partial charge in [-0.2, -0.15) is 0 Å². The van der Waals surface area contributed by atoms with Crippen molar-refractivity contribution in [3.63, 3.8) is 0 Å². The van der Waals surface area contributed by atoms with Gasteiger partial charge in [-0.05, 0) is 42.2 Å². The first-order valence-corrected chi connectivity index (χ1v) is 10.3. The van der Waals surface area contributed by atoms with Crippen LogP contribution in [0.5, 0.6) is 0 Å². The van der Waals surface area contributed by atoms with Crippen molar-refractivity contribution in [1.82, 2.24) is 9.88 Å². The second kappa shape index (κ2) is 7.31. The summed E-state index contributed by atoms with van der Waals surface area (Å²) >= 11 is 1.76. The van der Waals surface area contributed by atoms with Gasteiger partial charge in [0.1, 0.15) is 5.37 Å². The monoisotopic (exact) mass is 367 g/mol. The number of rotatable bonds is 4. The van der Waals surface area contributed by atoms with E-state index in [2.05, 4.69) is 45.1 Å². The maximum Gasteiger partial charge on any atom is 0.234 e. The van der Waals surface area contributed by atoms with Crippen molar-refractivity contribution in [2.75, 3.05) is 24.7 Å². The molecular weight excluding hydrogens is 342 g/mol. The molecule has 4 nitrogen and oxygen atoms in total. The number of aromatic nitrogens is 1. The predicted molar refractivity (Wildman–Crippen MR) is 108 cm³/mol. The quantitative estimate of drug-likeness (QED) is 0.806. The van der Waals surface area contributed by atoms with E-state index in [9.17, 15) is 4.79 Å². The first kappa shape index (κ1) is 17.4. The van der Waals surface area contributed by atoms with Gasteiger partial charge in [-0.3, -0.25) is 9.78 Å². The van der Waals surface area contributed by atoms with E-state index in [0.29, 0.717) is 11.8 Å². The lowest BCUT2D eigenvalue weighted by Gasteiger charge is -2.31. The summed E-state index contributed by atoms with van der Waals surface area (Å²) < 4.78 is 0. The van der Waals surface area contributed by atoms with Crippen LogP contribution in [0.25, 0.3) is 11.1 Å². The maximum atomic E-state index is 12.6. The summed E-state index contributed by atoms with van der Waals surface area (Å²) in [7, 11) is 4.09. The Morgan fingerprint density at radius 2 is 1.85 bits per heavy atom. The average Bonchev–Trinajstić information content (AvgIpc) is 3.31. The molecule has 1 unspecified atom stereocenters. The minimum atomic E-state index is 0.108. The number of pyridine rings is 1. The fraction of sp³-hybridized carbons (Fsp3) is 0.429. The highest BCUT2D eigenvalue weighted by Gasteiger charge is 2.39. The number of hydrogen-bond acceptors (Lipinski definition) is 4. The van der Waals surface area contributed by atoms with Crippen LogP contribution in [0.15, 0.2) is 42.7 Å². The van der Waals surface area contributed by atoms with Crippen molar-refractivity contribution in [3.8, 4) is 11.1 Å². The highest BCUT2D eigenvalue weighted by Crippen LogP contribution is 2.45. The van der Waals surface area contributed by atoms with E-state index >= 15 is 0 Å². The van der Waals surface area contributed by atoms with Gasteiger partial charge in [0.25, 0.3) is 0 Å². The van der Waals surface area contributed by atoms with Gasteiger partial charge in [0.05, 0.1) is 5.75 Å². The minimum absolute atomic E-state index is 0.108. The number of thioether (sulfide) groups is 1. The zero-order valence-corrected chi connectivity index (χ0v) is 16.2. The van der Waals surface area contributed by atoms with Crippen LogP contribution >= 0.6 is 11.8 Å². The summed E-state index contributed by atoms with van der Waals surface area (Å²) in [5, 5.41) is 0.108.